The van der Waals surface area contributed by atoms with Gasteiger partial charge in [-0.3, -0.25) is 0 Å². The summed E-state index contributed by atoms with van der Waals surface area (Å²) in [5, 5.41) is 3.54. The van der Waals surface area contributed by atoms with E-state index < -0.39 is 0 Å². The minimum absolute atomic E-state index is 0.605. The first kappa shape index (κ1) is 14.5. The van der Waals surface area contributed by atoms with Gasteiger partial charge in [-0.25, -0.2) is 0 Å². The summed E-state index contributed by atoms with van der Waals surface area (Å²) >= 11 is 0. The van der Waals surface area contributed by atoms with Gasteiger partial charge in [0.05, 0.1) is 0 Å². The molecule has 0 spiro atoms. The van der Waals surface area contributed by atoms with E-state index in [1.54, 1.807) is 0 Å². The maximum Gasteiger partial charge on any atom is 0.0206 e. The van der Waals surface area contributed by atoms with Crippen LogP contribution < -0.4 is 5.32 Å². The molecule has 0 aliphatic carbocycles. The summed E-state index contributed by atoms with van der Waals surface area (Å²) in [5.74, 6) is 0. The normalized spacial score (nSPS) is 19.5. The highest BCUT2D eigenvalue weighted by Gasteiger charge is 2.27. The Morgan fingerprint density at radius 2 is 1.84 bits per heavy atom. The van der Waals surface area contributed by atoms with Crippen molar-refractivity contribution in [2.45, 2.75) is 39.7 Å². The van der Waals surface area contributed by atoms with Gasteiger partial charge in [-0.15, -0.1) is 0 Å². The number of likely N-dealkylation sites (tertiary alicyclic amines) is 1. The zero-order chi connectivity index (χ0) is 13.6. The van der Waals surface area contributed by atoms with Crippen LogP contribution in [-0.4, -0.2) is 31.1 Å². The van der Waals surface area contributed by atoms with Crippen molar-refractivity contribution in [1.82, 2.24) is 10.2 Å². The minimum atomic E-state index is 0.605. The molecule has 2 rings (SSSR count). The van der Waals surface area contributed by atoms with Gasteiger partial charge in [-0.05, 0) is 36.9 Å². The summed E-state index contributed by atoms with van der Waals surface area (Å²) in [7, 11) is 0. The van der Waals surface area contributed by atoms with Gasteiger partial charge in [-0.1, -0.05) is 50.6 Å². The van der Waals surface area contributed by atoms with Crippen molar-refractivity contribution < 1.29 is 0 Å². The van der Waals surface area contributed by atoms with Crippen LogP contribution in [0.15, 0.2) is 30.3 Å². The van der Waals surface area contributed by atoms with Crippen LogP contribution in [0.3, 0.4) is 0 Å². The predicted molar refractivity (Wildman–Crippen MR) is 82.2 cm³/mol. The first-order valence-electron chi connectivity index (χ1n) is 7.69. The standard InChI is InChI=1S/C17H28N2/c1-3-17(2)9-12-19(13-10-17)14-11-18-15-16-7-5-4-6-8-16/h4-8,18H,3,9-15H2,1-2H3. The summed E-state index contributed by atoms with van der Waals surface area (Å²) in [6.45, 7) is 10.6. The Bertz CT molecular complexity index is 353. The van der Waals surface area contributed by atoms with Crippen molar-refractivity contribution in [3.05, 3.63) is 35.9 Å². The fraction of sp³-hybridized carbons (Fsp3) is 0.647. The Morgan fingerprint density at radius 1 is 1.16 bits per heavy atom. The molecule has 1 aromatic carbocycles. The quantitative estimate of drug-likeness (QED) is 0.790. The molecule has 1 aliphatic heterocycles. The molecule has 0 unspecified atom stereocenters. The van der Waals surface area contributed by atoms with Gasteiger partial charge < -0.3 is 10.2 Å². The van der Waals surface area contributed by atoms with E-state index in [1.165, 1.54) is 44.5 Å². The Morgan fingerprint density at radius 3 is 2.47 bits per heavy atom. The molecule has 1 saturated heterocycles. The van der Waals surface area contributed by atoms with Crippen LogP contribution in [0, 0.1) is 5.41 Å². The summed E-state index contributed by atoms with van der Waals surface area (Å²) in [6, 6.07) is 10.6. The molecule has 106 valence electrons. The van der Waals surface area contributed by atoms with Crippen molar-refractivity contribution in [2.24, 2.45) is 5.41 Å². The summed E-state index contributed by atoms with van der Waals surface area (Å²) in [5.41, 5.74) is 1.98. The van der Waals surface area contributed by atoms with Crippen LogP contribution in [0.5, 0.6) is 0 Å². The SMILES string of the molecule is CCC1(C)CCN(CCNCc2ccccc2)CC1. The van der Waals surface area contributed by atoms with E-state index in [1.807, 2.05) is 0 Å². The highest BCUT2D eigenvalue weighted by molar-refractivity contribution is 5.14. The lowest BCUT2D eigenvalue weighted by Crippen LogP contribution is -2.41. The van der Waals surface area contributed by atoms with E-state index in [0.29, 0.717) is 5.41 Å². The Balaban J connectivity index is 1.60. The van der Waals surface area contributed by atoms with E-state index >= 15 is 0 Å². The first-order valence-corrected chi connectivity index (χ1v) is 7.69. The molecule has 2 heteroatoms. The first-order chi connectivity index (χ1) is 9.22. The molecule has 0 saturated carbocycles. The largest absolute Gasteiger partial charge is 0.311 e. The number of hydrogen-bond acceptors (Lipinski definition) is 2. The number of rotatable bonds is 6. The second-order valence-corrected chi connectivity index (χ2v) is 6.17. The van der Waals surface area contributed by atoms with Gasteiger partial charge in [0.1, 0.15) is 0 Å². The molecule has 0 amide bonds. The minimum Gasteiger partial charge on any atom is -0.311 e. The number of nitrogens with one attached hydrogen (secondary N) is 1. The van der Waals surface area contributed by atoms with Gasteiger partial charge >= 0.3 is 0 Å². The van der Waals surface area contributed by atoms with Crippen LogP contribution in [0.2, 0.25) is 0 Å². The van der Waals surface area contributed by atoms with Crippen molar-refractivity contribution in [3.8, 4) is 0 Å². The number of benzene rings is 1. The summed E-state index contributed by atoms with van der Waals surface area (Å²) < 4.78 is 0. The maximum atomic E-state index is 3.54. The molecule has 1 aromatic rings. The van der Waals surface area contributed by atoms with Gasteiger partial charge in [0.25, 0.3) is 0 Å². The van der Waals surface area contributed by atoms with Crippen LogP contribution in [-0.2, 0) is 6.54 Å². The van der Waals surface area contributed by atoms with Crippen LogP contribution in [0.25, 0.3) is 0 Å². The predicted octanol–water partition coefficient (Wildman–Crippen LogP) is 3.29. The third-order valence-corrected chi connectivity index (χ3v) is 4.69. The van der Waals surface area contributed by atoms with Gasteiger partial charge in [0.2, 0.25) is 0 Å². The van der Waals surface area contributed by atoms with Gasteiger partial charge in [-0.2, -0.15) is 0 Å². The number of hydrogen-bond donors (Lipinski definition) is 1. The van der Waals surface area contributed by atoms with Crippen molar-refractivity contribution in [3.63, 3.8) is 0 Å². The average molecular weight is 260 g/mol. The third-order valence-electron chi connectivity index (χ3n) is 4.69. The van der Waals surface area contributed by atoms with E-state index in [2.05, 4.69) is 54.4 Å². The van der Waals surface area contributed by atoms with E-state index in [0.717, 1.165) is 13.1 Å². The second kappa shape index (κ2) is 7.06. The highest BCUT2D eigenvalue weighted by Crippen LogP contribution is 2.33. The topological polar surface area (TPSA) is 15.3 Å². The van der Waals surface area contributed by atoms with Crippen LogP contribution >= 0.6 is 0 Å². The van der Waals surface area contributed by atoms with Gasteiger partial charge in [0.15, 0.2) is 0 Å². The average Bonchev–Trinajstić information content (AvgIpc) is 2.47. The van der Waals surface area contributed by atoms with E-state index in [4.69, 9.17) is 0 Å². The van der Waals surface area contributed by atoms with Crippen molar-refractivity contribution in [2.75, 3.05) is 26.2 Å². The Kier molecular flexibility index (Phi) is 5.41. The molecule has 0 aromatic heterocycles. The van der Waals surface area contributed by atoms with Gasteiger partial charge in [0, 0.05) is 19.6 Å². The molecule has 0 bridgehead atoms. The molecule has 0 radical (unpaired) electrons. The molecule has 1 fully saturated rings. The monoisotopic (exact) mass is 260 g/mol. The second-order valence-electron chi connectivity index (χ2n) is 6.17. The van der Waals surface area contributed by atoms with E-state index in [-0.39, 0.29) is 0 Å². The molecule has 1 aliphatic rings. The highest BCUT2D eigenvalue weighted by atomic mass is 15.1. The van der Waals surface area contributed by atoms with Crippen LogP contribution in [0.4, 0.5) is 0 Å². The zero-order valence-electron chi connectivity index (χ0n) is 12.5. The van der Waals surface area contributed by atoms with Crippen LogP contribution in [0.1, 0.15) is 38.7 Å². The fourth-order valence-electron chi connectivity index (χ4n) is 2.74. The summed E-state index contributed by atoms with van der Waals surface area (Å²) in [6.07, 6.45) is 4.05. The molecule has 19 heavy (non-hydrogen) atoms. The third kappa shape index (κ3) is 4.63. The molecule has 1 N–H and O–H groups in total. The molecule has 2 nitrogen and oxygen atoms in total. The Hall–Kier alpha value is -0.860. The lowest BCUT2D eigenvalue weighted by molar-refractivity contribution is 0.115. The number of piperidine rings is 1. The zero-order valence-corrected chi connectivity index (χ0v) is 12.5. The number of nitrogens with zero attached hydrogens (tertiary/aromatic N) is 1. The molecular formula is C17H28N2. The lowest BCUT2D eigenvalue weighted by Gasteiger charge is -2.38. The smallest absolute Gasteiger partial charge is 0.0206 e. The fourth-order valence-corrected chi connectivity index (χ4v) is 2.74. The van der Waals surface area contributed by atoms with Crippen molar-refractivity contribution in [1.29, 1.82) is 0 Å². The maximum absolute atomic E-state index is 3.54. The molecule has 0 atom stereocenters. The molecule has 1 heterocycles. The summed E-state index contributed by atoms with van der Waals surface area (Å²) in [4.78, 5) is 2.61. The van der Waals surface area contributed by atoms with Crippen molar-refractivity contribution >= 4 is 0 Å². The Labute approximate surface area is 118 Å². The lowest BCUT2D eigenvalue weighted by atomic mass is 9.78. The molecular weight excluding hydrogens is 232 g/mol. The van der Waals surface area contributed by atoms with E-state index in [9.17, 15) is 0 Å².